The number of H-pyrrole nitrogens is 1. The summed E-state index contributed by atoms with van der Waals surface area (Å²) in [5.41, 5.74) is -2.01. The lowest BCUT2D eigenvalue weighted by molar-refractivity contribution is -0.204. The summed E-state index contributed by atoms with van der Waals surface area (Å²) < 4.78 is 64.2. The van der Waals surface area contributed by atoms with Gasteiger partial charge in [0, 0.05) is 12.3 Å². The fourth-order valence-electron chi connectivity index (χ4n) is 2.19. The molecule has 21 heteroatoms. The number of rotatable bonds is 8. The first-order valence-electron chi connectivity index (χ1n) is 7.27. The van der Waals surface area contributed by atoms with E-state index in [9.17, 15) is 42.8 Å². The highest BCUT2D eigenvalue weighted by molar-refractivity contribution is 7.66. The van der Waals surface area contributed by atoms with E-state index in [-0.39, 0.29) is 0 Å². The van der Waals surface area contributed by atoms with Crippen molar-refractivity contribution in [3.05, 3.63) is 33.1 Å². The van der Waals surface area contributed by atoms with Gasteiger partial charge < -0.3 is 34.5 Å². The van der Waals surface area contributed by atoms with Gasteiger partial charge in [0.25, 0.3) is 11.4 Å². The second-order valence-electron chi connectivity index (χ2n) is 5.61. The summed E-state index contributed by atoms with van der Waals surface area (Å²) in [5.74, 6) is -3.50. The highest BCUT2D eigenvalue weighted by atomic mass is 31.3. The van der Waals surface area contributed by atoms with Gasteiger partial charge in [-0.05, 0) is 0 Å². The van der Waals surface area contributed by atoms with Crippen molar-refractivity contribution in [1.82, 2.24) is 9.55 Å². The number of halogens is 1. The van der Waals surface area contributed by atoms with Crippen LogP contribution in [0.2, 0.25) is 0 Å². The number of ether oxygens (including phenoxy) is 1. The Morgan fingerprint density at radius 1 is 1.13 bits per heavy atom. The fraction of sp³-hybridized carbons (Fsp3) is 0.556. The van der Waals surface area contributed by atoms with E-state index in [1.165, 1.54) is 0 Å². The molecule has 17 nitrogen and oxygen atoms in total. The number of aromatic amines is 1. The van der Waals surface area contributed by atoms with Crippen molar-refractivity contribution < 1.29 is 65.8 Å². The van der Waals surface area contributed by atoms with Crippen LogP contribution < -0.4 is 11.2 Å². The molecule has 1 aliphatic heterocycles. The summed E-state index contributed by atoms with van der Waals surface area (Å²) in [5, 5.41) is 19.7. The van der Waals surface area contributed by atoms with E-state index >= 15 is 0 Å². The maximum atomic E-state index is 14.8. The van der Waals surface area contributed by atoms with E-state index in [0.29, 0.717) is 4.57 Å². The number of phosphoric acid groups is 3. The molecule has 1 aromatic rings. The Balaban J connectivity index is 2.15. The number of aliphatic hydroxyl groups is 2. The third-order valence-corrected chi connectivity index (χ3v) is 7.12. The molecule has 172 valence electrons. The van der Waals surface area contributed by atoms with Crippen LogP contribution in [0.4, 0.5) is 4.39 Å². The zero-order valence-electron chi connectivity index (χ0n) is 14.1. The molecule has 1 saturated heterocycles. The quantitative estimate of drug-likeness (QED) is 0.186. The zero-order valence-corrected chi connectivity index (χ0v) is 16.8. The largest absolute Gasteiger partial charge is 0.490 e. The third kappa shape index (κ3) is 6.21. The van der Waals surface area contributed by atoms with Crippen LogP contribution in [0.25, 0.3) is 0 Å². The fourth-order valence-corrected chi connectivity index (χ4v) is 5.23. The highest BCUT2D eigenvalue weighted by Gasteiger charge is 2.57. The lowest BCUT2D eigenvalue weighted by Crippen LogP contribution is -2.43. The van der Waals surface area contributed by atoms with E-state index in [0.717, 1.165) is 12.3 Å². The minimum atomic E-state index is -5.87. The summed E-state index contributed by atoms with van der Waals surface area (Å²) in [7, 11) is -17.3. The Labute approximate surface area is 163 Å². The van der Waals surface area contributed by atoms with Crippen molar-refractivity contribution in [3.63, 3.8) is 0 Å². The predicted molar refractivity (Wildman–Crippen MR) is 87.1 cm³/mol. The number of alkyl halides is 1. The van der Waals surface area contributed by atoms with Crippen molar-refractivity contribution in [2.75, 3.05) is 6.61 Å². The van der Waals surface area contributed by atoms with Crippen LogP contribution in [0.1, 0.15) is 6.23 Å². The molecule has 6 atom stereocenters. The SMILES string of the molecule is O=c1ccn(C2OC(F)(COP(=O)(O)OP(=O)(O)OP(=O)(O)O)C(O)C2O)c(=O)[nH]1. The molecule has 0 radical (unpaired) electrons. The summed E-state index contributed by atoms with van der Waals surface area (Å²) in [6, 6.07) is 0.800. The maximum Gasteiger partial charge on any atom is 0.490 e. The average molecular weight is 502 g/mol. The number of hydrogen-bond acceptors (Lipinski definition) is 11. The Morgan fingerprint density at radius 2 is 1.73 bits per heavy atom. The third-order valence-electron chi connectivity index (χ3n) is 3.34. The molecule has 1 fully saturated rings. The second-order valence-corrected chi connectivity index (χ2v) is 10.0. The van der Waals surface area contributed by atoms with Crippen LogP contribution >= 0.6 is 23.5 Å². The molecule has 0 saturated carbocycles. The molecule has 0 aliphatic carbocycles. The van der Waals surface area contributed by atoms with E-state index in [2.05, 4.69) is 17.9 Å². The maximum absolute atomic E-state index is 14.8. The van der Waals surface area contributed by atoms with Crippen LogP contribution in [0.15, 0.2) is 21.9 Å². The summed E-state index contributed by atoms with van der Waals surface area (Å²) >= 11 is 0. The Hall–Kier alpha value is -1.10. The predicted octanol–water partition coefficient (Wildman–Crippen LogP) is -2.20. The number of nitrogens with zero attached hydrogens (tertiary/aromatic N) is 1. The normalized spacial score (nSPS) is 31.2. The van der Waals surface area contributed by atoms with Crippen molar-refractivity contribution in [1.29, 1.82) is 0 Å². The van der Waals surface area contributed by atoms with Crippen LogP contribution in [-0.2, 0) is 31.6 Å². The first-order valence-corrected chi connectivity index (χ1v) is 11.8. The zero-order chi connectivity index (χ0) is 23.1. The minimum absolute atomic E-state index is 0.474. The molecule has 0 aromatic carbocycles. The molecular formula is C9H14FN2O15P3. The Bertz CT molecular complexity index is 1050. The number of hydrogen-bond donors (Lipinski definition) is 7. The molecule has 2 heterocycles. The first-order chi connectivity index (χ1) is 13.4. The summed E-state index contributed by atoms with van der Waals surface area (Å²) in [6.07, 6.45) is -5.83. The van der Waals surface area contributed by atoms with E-state index < -0.39 is 65.6 Å². The van der Waals surface area contributed by atoms with Gasteiger partial charge in [0.2, 0.25) is 0 Å². The van der Waals surface area contributed by atoms with Crippen LogP contribution in [0, 0.1) is 0 Å². The van der Waals surface area contributed by atoms with Crippen LogP contribution in [0.5, 0.6) is 0 Å². The highest BCUT2D eigenvalue weighted by Crippen LogP contribution is 2.66. The topological polar surface area (TPSA) is 264 Å². The Morgan fingerprint density at radius 3 is 2.27 bits per heavy atom. The lowest BCUT2D eigenvalue weighted by Gasteiger charge is -2.24. The standard InChI is InChI=1S/C9H14FN2O15P3/c10-9(3-24-29(20,21)27-30(22,23)26-28(17,18)19)6(15)5(14)7(25-9)12-2-1-4(13)11-8(12)16/h1-2,5-7,14-15H,3H2,(H,20,21)(H,22,23)(H,11,13,16)(H2,17,18,19). The average Bonchev–Trinajstić information content (AvgIpc) is 2.75. The van der Waals surface area contributed by atoms with E-state index in [4.69, 9.17) is 14.7 Å². The number of aliphatic hydroxyl groups excluding tert-OH is 2. The molecular weight excluding hydrogens is 488 g/mol. The van der Waals surface area contributed by atoms with Gasteiger partial charge in [-0.3, -0.25) is 18.9 Å². The minimum Gasteiger partial charge on any atom is -0.385 e. The van der Waals surface area contributed by atoms with Crippen LogP contribution in [0.3, 0.4) is 0 Å². The van der Waals surface area contributed by atoms with Gasteiger partial charge in [0.1, 0.15) is 18.8 Å². The molecule has 2 rings (SSSR count). The van der Waals surface area contributed by atoms with Gasteiger partial charge >= 0.3 is 29.2 Å². The van der Waals surface area contributed by atoms with Gasteiger partial charge in [0.05, 0.1) is 0 Å². The molecule has 1 aliphatic rings. The van der Waals surface area contributed by atoms with Crippen molar-refractivity contribution >= 4 is 23.5 Å². The second kappa shape index (κ2) is 8.44. The van der Waals surface area contributed by atoms with Gasteiger partial charge in [-0.15, -0.1) is 0 Å². The summed E-state index contributed by atoms with van der Waals surface area (Å²) in [6.45, 7) is -1.75. The summed E-state index contributed by atoms with van der Waals surface area (Å²) in [4.78, 5) is 59.7. The molecule has 30 heavy (non-hydrogen) atoms. The van der Waals surface area contributed by atoms with E-state index in [1.807, 2.05) is 0 Å². The van der Waals surface area contributed by atoms with Gasteiger partial charge in [-0.25, -0.2) is 22.9 Å². The Kier molecular flexibility index (Phi) is 7.08. The monoisotopic (exact) mass is 502 g/mol. The molecule has 0 bridgehead atoms. The number of nitrogens with one attached hydrogen (secondary N) is 1. The van der Waals surface area contributed by atoms with Gasteiger partial charge in [0.15, 0.2) is 6.23 Å². The smallest absolute Gasteiger partial charge is 0.385 e. The molecule has 6 unspecified atom stereocenters. The van der Waals surface area contributed by atoms with Crippen molar-refractivity contribution in [3.8, 4) is 0 Å². The molecule has 7 N–H and O–H groups in total. The van der Waals surface area contributed by atoms with Crippen molar-refractivity contribution in [2.45, 2.75) is 24.3 Å². The van der Waals surface area contributed by atoms with Crippen molar-refractivity contribution in [2.24, 2.45) is 0 Å². The van der Waals surface area contributed by atoms with E-state index in [1.54, 1.807) is 4.98 Å². The van der Waals surface area contributed by atoms with Crippen LogP contribution in [-0.4, -0.2) is 64.0 Å². The molecule has 1 aromatic heterocycles. The molecule has 0 amide bonds. The molecule has 0 spiro atoms. The number of phosphoric ester groups is 1. The van der Waals surface area contributed by atoms with Gasteiger partial charge in [-0.2, -0.15) is 8.62 Å². The first kappa shape index (κ1) is 25.2. The lowest BCUT2D eigenvalue weighted by atomic mass is 10.1. The number of aromatic nitrogens is 2. The van der Waals surface area contributed by atoms with Gasteiger partial charge in [-0.1, -0.05) is 0 Å².